The number of benzene rings is 1. The predicted molar refractivity (Wildman–Crippen MR) is 120 cm³/mol. The molecule has 30 heavy (non-hydrogen) atoms. The molecule has 2 aromatic rings. The number of anilines is 1. The molecule has 2 aliphatic heterocycles. The van der Waals surface area contributed by atoms with E-state index in [1.807, 2.05) is 36.3 Å². The van der Waals surface area contributed by atoms with E-state index in [0.29, 0.717) is 13.0 Å². The van der Waals surface area contributed by atoms with Crippen molar-refractivity contribution in [3.05, 3.63) is 59.8 Å². The van der Waals surface area contributed by atoms with E-state index in [1.165, 1.54) is 11.1 Å². The molecule has 0 atom stereocenters. The Labute approximate surface area is 178 Å². The van der Waals surface area contributed by atoms with E-state index in [1.54, 1.807) is 0 Å². The Balaban J connectivity index is 1.22. The second-order valence-corrected chi connectivity index (χ2v) is 7.72. The molecule has 0 unspecified atom stereocenters. The van der Waals surface area contributed by atoms with Gasteiger partial charge in [0.15, 0.2) is 5.96 Å². The van der Waals surface area contributed by atoms with Crippen LogP contribution in [0.2, 0.25) is 0 Å². The minimum absolute atomic E-state index is 0.197. The van der Waals surface area contributed by atoms with E-state index in [-0.39, 0.29) is 5.91 Å². The summed E-state index contributed by atoms with van der Waals surface area (Å²) < 4.78 is 0. The largest absolute Gasteiger partial charge is 0.356 e. The molecule has 0 radical (unpaired) electrons. The average Bonchev–Trinajstić information content (AvgIpc) is 2.82. The highest BCUT2D eigenvalue weighted by molar-refractivity contribution is 5.81. The highest BCUT2D eigenvalue weighted by Crippen LogP contribution is 2.18. The van der Waals surface area contributed by atoms with Crippen molar-refractivity contribution >= 4 is 17.7 Å². The maximum Gasteiger partial charge on any atom is 0.224 e. The molecular weight excluding hydrogens is 376 g/mol. The quantitative estimate of drug-likeness (QED) is 0.619. The topological polar surface area (TPSA) is 64.1 Å². The Morgan fingerprint density at radius 1 is 1.00 bits per heavy atom. The van der Waals surface area contributed by atoms with Gasteiger partial charge in [0.2, 0.25) is 5.91 Å². The molecule has 1 aromatic carbocycles. The summed E-state index contributed by atoms with van der Waals surface area (Å²) in [6.45, 7) is 5.54. The minimum Gasteiger partial charge on any atom is -0.356 e. The van der Waals surface area contributed by atoms with Crippen molar-refractivity contribution < 1.29 is 4.79 Å². The molecule has 0 aliphatic carbocycles. The molecule has 0 bridgehead atoms. The lowest BCUT2D eigenvalue weighted by atomic mass is 10.0. The zero-order valence-corrected chi connectivity index (χ0v) is 17.6. The summed E-state index contributed by atoms with van der Waals surface area (Å²) in [5.74, 6) is 2.05. The fourth-order valence-electron chi connectivity index (χ4n) is 4.17. The van der Waals surface area contributed by atoms with Crippen molar-refractivity contribution in [2.45, 2.75) is 19.4 Å². The number of amides is 1. The van der Waals surface area contributed by atoms with Gasteiger partial charge in [-0.05, 0) is 29.7 Å². The Morgan fingerprint density at radius 2 is 1.77 bits per heavy atom. The van der Waals surface area contributed by atoms with Gasteiger partial charge >= 0.3 is 0 Å². The number of piperazine rings is 1. The van der Waals surface area contributed by atoms with Crippen molar-refractivity contribution in [2.75, 3.05) is 51.2 Å². The number of fused-ring (bicyclic) bond motifs is 1. The monoisotopic (exact) mass is 406 g/mol. The van der Waals surface area contributed by atoms with Crippen LogP contribution in [0.5, 0.6) is 0 Å². The Bertz CT molecular complexity index is 876. The van der Waals surface area contributed by atoms with Crippen LogP contribution in [0, 0.1) is 0 Å². The Morgan fingerprint density at radius 3 is 2.50 bits per heavy atom. The SMILES string of the molecule is CN=C(NCCC(=O)N1CCN(c2ccccn2)CC1)N1CCc2ccccc2C1. The number of aliphatic imine (C=N–C) groups is 1. The molecule has 7 heteroatoms. The predicted octanol–water partition coefficient (Wildman–Crippen LogP) is 1.75. The van der Waals surface area contributed by atoms with Crippen molar-refractivity contribution in [2.24, 2.45) is 4.99 Å². The fourth-order valence-corrected chi connectivity index (χ4v) is 4.17. The molecule has 0 spiro atoms. The van der Waals surface area contributed by atoms with E-state index >= 15 is 0 Å². The van der Waals surface area contributed by atoms with Crippen molar-refractivity contribution in [3.8, 4) is 0 Å². The molecule has 1 N–H and O–H groups in total. The molecule has 3 heterocycles. The smallest absolute Gasteiger partial charge is 0.224 e. The lowest BCUT2D eigenvalue weighted by molar-refractivity contribution is -0.131. The van der Waals surface area contributed by atoms with Gasteiger partial charge in [-0.2, -0.15) is 0 Å². The molecular formula is C23H30N6O. The molecule has 1 fully saturated rings. The second-order valence-electron chi connectivity index (χ2n) is 7.72. The number of nitrogens with zero attached hydrogens (tertiary/aromatic N) is 5. The number of carbonyl (C=O) groups excluding carboxylic acids is 1. The number of pyridine rings is 1. The summed E-state index contributed by atoms with van der Waals surface area (Å²) in [4.78, 5) is 27.9. The van der Waals surface area contributed by atoms with Gasteiger partial charge in [0, 0.05) is 65.5 Å². The van der Waals surface area contributed by atoms with Gasteiger partial charge in [-0.25, -0.2) is 4.98 Å². The van der Waals surface area contributed by atoms with Gasteiger partial charge in [-0.1, -0.05) is 30.3 Å². The zero-order valence-electron chi connectivity index (χ0n) is 17.6. The summed E-state index contributed by atoms with van der Waals surface area (Å²) in [6.07, 6.45) is 3.32. The van der Waals surface area contributed by atoms with Gasteiger partial charge in [0.1, 0.15) is 5.82 Å². The highest BCUT2D eigenvalue weighted by Gasteiger charge is 2.22. The fraction of sp³-hybridized carbons (Fsp3) is 0.435. The van der Waals surface area contributed by atoms with E-state index in [9.17, 15) is 4.79 Å². The highest BCUT2D eigenvalue weighted by atomic mass is 16.2. The first-order valence-electron chi connectivity index (χ1n) is 10.7. The molecule has 158 valence electrons. The first-order valence-corrected chi connectivity index (χ1v) is 10.7. The first kappa shape index (κ1) is 20.2. The van der Waals surface area contributed by atoms with Crippen LogP contribution in [-0.2, 0) is 17.8 Å². The van der Waals surface area contributed by atoms with Gasteiger partial charge in [0.25, 0.3) is 0 Å². The first-order chi connectivity index (χ1) is 14.7. The number of hydrogen-bond acceptors (Lipinski definition) is 4. The molecule has 1 saturated heterocycles. The Hall–Kier alpha value is -3.09. The third-order valence-corrected chi connectivity index (χ3v) is 5.87. The third kappa shape index (κ3) is 4.72. The number of aromatic nitrogens is 1. The summed E-state index contributed by atoms with van der Waals surface area (Å²) in [5, 5.41) is 3.38. The van der Waals surface area contributed by atoms with Crippen molar-refractivity contribution in [1.82, 2.24) is 20.1 Å². The van der Waals surface area contributed by atoms with Crippen LogP contribution in [0.1, 0.15) is 17.5 Å². The van der Waals surface area contributed by atoms with E-state index in [4.69, 9.17) is 0 Å². The van der Waals surface area contributed by atoms with Gasteiger partial charge in [-0.15, -0.1) is 0 Å². The normalized spacial score (nSPS) is 17.0. The maximum atomic E-state index is 12.6. The molecule has 2 aliphatic rings. The van der Waals surface area contributed by atoms with Crippen LogP contribution in [-0.4, -0.2) is 73.0 Å². The van der Waals surface area contributed by atoms with Crippen LogP contribution < -0.4 is 10.2 Å². The summed E-state index contributed by atoms with van der Waals surface area (Å²) in [6, 6.07) is 14.5. The lowest BCUT2D eigenvalue weighted by Gasteiger charge is -2.35. The molecule has 1 amide bonds. The summed E-state index contributed by atoms with van der Waals surface area (Å²) in [7, 11) is 1.81. The van der Waals surface area contributed by atoms with Crippen LogP contribution in [0.15, 0.2) is 53.7 Å². The van der Waals surface area contributed by atoms with Gasteiger partial charge in [-0.3, -0.25) is 9.79 Å². The number of carbonyl (C=O) groups is 1. The van der Waals surface area contributed by atoms with Gasteiger partial charge < -0.3 is 20.0 Å². The number of nitrogens with one attached hydrogen (secondary N) is 1. The maximum absolute atomic E-state index is 12.6. The van der Waals surface area contributed by atoms with Crippen LogP contribution >= 0.6 is 0 Å². The summed E-state index contributed by atoms with van der Waals surface area (Å²) in [5.41, 5.74) is 2.78. The van der Waals surface area contributed by atoms with E-state index < -0.39 is 0 Å². The van der Waals surface area contributed by atoms with Crippen LogP contribution in [0.4, 0.5) is 5.82 Å². The second kappa shape index (κ2) is 9.61. The molecule has 1 aromatic heterocycles. The van der Waals surface area contributed by atoms with E-state index in [2.05, 4.69) is 49.4 Å². The van der Waals surface area contributed by atoms with E-state index in [0.717, 1.165) is 57.5 Å². The van der Waals surface area contributed by atoms with Crippen molar-refractivity contribution in [1.29, 1.82) is 0 Å². The van der Waals surface area contributed by atoms with Crippen LogP contribution in [0.25, 0.3) is 0 Å². The standard InChI is InChI=1S/C23H30N6O/c1-24-23(29-13-10-19-6-2-3-7-20(19)18-29)26-12-9-22(30)28-16-14-27(15-17-28)21-8-4-5-11-25-21/h2-8,11H,9-10,12-18H2,1H3,(H,24,26). The molecule has 4 rings (SSSR count). The lowest BCUT2D eigenvalue weighted by Crippen LogP contribution is -2.50. The molecule has 0 saturated carbocycles. The van der Waals surface area contributed by atoms with Crippen molar-refractivity contribution in [3.63, 3.8) is 0 Å². The number of guanidine groups is 1. The van der Waals surface area contributed by atoms with Crippen LogP contribution in [0.3, 0.4) is 0 Å². The third-order valence-electron chi connectivity index (χ3n) is 5.87. The number of rotatable bonds is 4. The Kier molecular flexibility index (Phi) is 6.47. The minimum atomic E-state index is 0.197. The number of hydrogen-bond donors (Lipinski definition) is 1. The summed E-state index contributed by atoms with van der Waals surface area (Å²) >= 11 is 0. The average molecular weight is 407 g/mol. The zero-order chi connectivity index (χ0) is 20.8. The molecule has 7 nitrogen and oxygen atoms in total. The van der Waals surface area contributed by atoms with Gasteiger partial charge in [0.05, 0.1) is 0 Å².